The van der Waals surface area contributed by atoms with Crippen molar-refractivity contribution in [2.75, 3.05) is 19.6 Å². The Hall–Kier alpha value is -2.57. The standard InChI is InChI=1S/C22H24N4OS.H2O4S/c1-16-20(21(27)19-10-7-15-28-19)26-18-9-4-3-8-17(18)25(22(26)23-16)14-13-24-11-5-2-6-12-24;1-5(2,3)4/h3-4,7-10,15H,2,5-6,11-14H2,1H3;(H2,1,2,3,4)/p-2. The van der Waals surface area contributed by atoms with E-state index in [4.69, 9.17) is 22.5 Å². The van der Waals surface area contributed by atoms with Gasteiger partial charge in [-0.05, 0) is 56.4 Å². The van der Waals surface area contributed by atoms with E-state index in [0.717, 1.165) is 40.5 Å². The number of ketones is 1. The van der Waals surface area contributed by atoms with Crippen LogP contribution in [0.15, 0.2) is 41.8 Å². The molecule has 1 aromatic carbocycles. The van der Waals surface area contributed by atoms with Crippen molar-refractivity contribution in [2.45, 2.75) is 32.7 Å². The van der Waals surface area contributed by atoms with Gasteiger partial charge in [-0.3, -0.25) is 17.6 Å². The summed E-state index contributed by atoms with van der Waals surface area (Å²) in [5.74, 6) is 0.926. The van der Waals surface area contributed by atoms with Gasteiger partial charge in [0.2, 0.25) is 11.6 Å². The van der Waals surface area contributed by atoms with Crippen molar-refractivity contribution < 1.29 is 22.3 Å². The first kappa shape index (κ1) is 23.6. The van der Waals surface area contributed by atoms with E-state index in [-0.39, 0.29) is 5.78 Å². The third kappa shape index (κ3) is 5.33. The first-order chi connectivity index (χ1) is 15.7. The van der Waals surface area contributed by atoms with Crippen LogP contribution in [0, 0.1) is 6.92 Å². The molecule has 0 spiro atoms. The van der Waals surface area contributed by atoms with Crippen LogP contribution in [0.3, 0.4) is 0 Å². The van der Waals surface area contributed by atoms with Crippen LogP contribution in [-0.2, 0) is 16.9 Å². The number of hydrogen-bond donors (Lipinski definition) is 0. The third-order valence-electron chi connectivity index (χ3n) is 5.74. The summed E-state index contributed by atoms with van der Waals surface area (Å²) in [6, 6.07) is 12.1. The second-order valence-electron chi connectivity index (χ2n) is 7.94. The van der Waals surface area contributed by atoms with Gasteiger partial charge in [-0.1, -0.05) is 24.6 Å². The molecule has 0 atom stereocenters. The second kappa shape index (κ2) is 9.74. The number of hydrogen-bond acceptors (Lipinski definition) is 8. The van der Waals surface area contributed by atoms with Crippen LogP contribution in [0.2, 0.25) is 0 Å². The number of fused-ring (bicyclic) bond motifs is 3. The number of para-hydroxylation sites is 2. The molecule has 0 bridgehead atoms. The fourth-order valence-corrected chi connectivity index (χ4v) is 5.01. The van der Waals surface area contributed by atoms with Crippen molar-refractivity contribution >= 4 is 44.3 Å². The van der Waals surface area contributed by atoms with Gasteiger partial charge in [-0.2, -0.15) is 0 Å². The fourth-order valence-electron chi connectivity index (χ4n) is 4.35. The molecule has 176 valence electrons. The number of piperidine rings is 1. The molecule has 0 unspecified atom stereocenters. The average Bonchev–Trinajstić information content (AvgIpc) is 3.47. The summed E-state index contributed by atoms with van der Waals surface area (Å²) < 4.78 is 38.4. The number of carbonyl (C=O) groups excluding carboxylic acids is 1. The van der Waals surface area contributed by atoms with Crippen molar-refractivity contribution in [3.63, 3.8) is 0 Å². The van der Waals surface area contributed by atoms with E-state index in [1.54, 1.807) is 0 Å². The van der Waals surface area contributed by atoms with Crippen LogP contribution < -0.4 is 0 Å². The fraction of sp³-hybridized carbons (Fsp3) is 0.364. The number of likely N-dealkylation sites (tertiary alicyclic amines) is 1. The Kier molecular flexibility index (Phi) is 6.96. The van der Waals surface area contributed by atoms with Gasteiger partial charge >= 0.3 is 0 Å². The zero-order chi connectivity index (χ0) is 23.6. The number of carbonyl (C=O) groups is 1. The lowest BCUT2D eigenvalue weighted by Gasteiger charge is -2.26. The molecule has 4 aromatic rings. The van der Waals surface area contributed by atoms with E-state index in [9.17, 15) is 4.79 Å². The lowest BCUT2D eigenvalue weighted by atomic mass is 10.1. The van der Waals surface area contributed by atoms with Crippen molar-refractivity contribution in [2.24, 2.45) is 0 Å². The number of aromatic nitrogens is 3. The zero-order valence-electron chi connectivity index (χ0n) is 18.1. The highest BCUT2D eigenvalue weighted by Gasteiger charge is 2.24. The van der Waals surface area contributed by atoms with Crippen LogP contribution in [0.4, 0.5) is 0 Å². The first-order valence-electron chi connectivity index (χ1n) is 10.7. The van der Waals surface area contributed by atoms with E-state index >= 15 is 0 Å². The molecular weight excluding hydrogens is 464 g/mol. The van der Waals surface area contributed by atoms with Crippen LogP contribution in [-0.4, -0.2) is 61.8 Å². The van der Waals surface area contributed by atoms with Gasteiger partial charge in [-0.15, -0.1) is 11.3 Å². The van der Waals surface area contributed by atoms with Crippen LogP contribution in [0.5, 0.6) is 0 Å². The molecule has 5 rings (SSSR count). The number of imidazole rings is 2. The van der Waals surface area contributed by atoms with Crippen molar-refractivity contribution in [3.05, 3.63) is 58.0 Å². The Morgan fingerprint density at radius 2 is 1.70 bits per heavy atom. The molecule has 0 aliphatic carbocycles. The summed E-state index contributed by atoms with van der Waals surface area (Å²) in [5, 5.41) is 1.95. The second-order valence-corrected chi connectivity index (χ2v) is 9.70. The molecule has 9 nitrogen and oxygen atoms in total. The minimum Gasteiger partial charge on any atom is -0.759 e. The Morgan fingerprint density at radius 3 is 2.33 bits per heavy atom. The van der Waals surface area contributed by atoms with Gasteiger partial charge in [0.1, 0.15) is 5.69 Å². The van der Waals surface area contributed by atoms with E-state index in [1.807, 2.05) is 30.5 Å². The third-order valence-corrected chi connectivity index (χ3v) is 6.61. The van der Waals surface area contributed by atoms with Gasteiger partial charge in [-0.25, -0.2) is 4.98 Å². The van der Waals surface area contributed by atoms with E-state index in [0.29, 0.717) is 5.69 Å². The number of aryl methyl sites for hydroxylation is 1. The first-order valence-corrected chi connectivity index (χ1v) is 12.9. The number of nitrogens with zero attached hydrogens (tertiary/aromatic N) is 4. The molecule has 4 heterocycles. The zero-order valence-corrected chi connectivity index (χ0v) is 19.8. The molecule has 3 aromatic heterocycles. The maximum absolute atomic E-state index is 13.2. The van der Waals surface area contributed by atoms with Gasteiger partial charge in [0.25, 0.3) is 0 Å². The Bertz CT molecular complexity index is 1360. The summed E-state index contributed by atoms with van der Waals surface area (Å²) >= 11 is 1.48. The molecule has 1 aliphatic heterocycles. The monoisotopic (exact) mass is 488 g/mol. The van der Waals surface area contributed by atoms with Gasteiger partial charge < -0.3 is 18.6 Å². The van der Waals surface area contributed by atoms with Crippen molar-refractivity contribution in [3.8, 4) is 0 Å². The normalized spacial score (nSPS) is 15.0. The highest BCUT2D eigenvalue weighted by molar-refractivity contribution is 7.79. The molecule has 0 N–H and O–H groups in total. The highest BCUT2D eigenvalue weighted by atomic mass is 32.3. The quantitative estimate of drug-likeness (QED) is 0.240. The lowest BCUT2D eigenvalue weighted by Crippen LogP contribution is -2.32. The van der Waals surface area contributed by atoms with Crippen LogP contribution in [0.1, 0.15) is 40.3 Å². The number of rotatable bonds is 5. The number of benzene rings is 1. The maximum atomic E-state index is 13.2. The van der Waals surface area contributed by atoms with E-state index in [1.165, 1.54) is 43.7 Å². The molecule has 11 heteroatoms. The lowest BCUT2D eigenvalue weighted by molar-refractivity contribution is 0.103. The van der Waals surface area contributed by atoms with E-state index in [2.05, 4.69) is 32.1 Å². The molecule has 33 heavy (non-hydrogen) atoms. The summed E-state index contributed by atoms with van der Waals surface area (Å²) in [6.07, 6.45) is 3.94. The molecule has 1 fully saturated rings. The van der Waals surface area contributed by atoms with Crippen LogP contribution >= 0.6 is 11.3 Å². The predicted octanol–water partition coefficient (Wildman–Crippen LogP) is 3.04. The van der Waals surface area contributed by atoms with Gasteiger partial charge in [0, 0.05) is 23.5 Å². The summed E-state index contributed by atoms with van der Waals surface area (Å²) in [6.45, 7) is 6.22. The smallest absolute Gasteiger partial charge is 0.221 e. The molecule has 1 aliphatic rings. The Labute approximate surface area is 195 Å². The summed E-state index contributed by atoms with van der Waals surface area (Å²) in [5.41, 5.74) is 3.68. The van der Waals surface area contributed by atoms with Crippen molar-refractivity contribution in [1.29, 1.82) is 0 Å². The van der Waals surface area contributed by atoms with Gasteiger partial charge in [0.15, 0.2) is 0 Å². The molecule has 1 saturated heterocycles. The van der Waals surface area contributed by atoms with E-state index < -0.39 is 10.4 Å². The minimum absolute atomic E-state index is 0.0546. The highest BCUT2D eigenvalue weighted by Crippen LogP contribution is 2.27. The summed E-state index contributed by atoms with van der Waals surface area (Å²) in [4.78, 5) is 21.3. The molecule has 0 saturated carbocycles. The molecular formula is C22H24N4O5S2-2. The molecule has 0 amide bonds. The topological polar surface area (TPSA) is 123 Å². The average molecular weight is 489 g/mol. The SMILES string of the molecule is Cc1nc2n(CCN3CCCCC3)c3ccccc3n2c1C(=O)c1cccs1.O=S(=O)([O-])[O-]. The predicted molar refractivity (Wildman–Crippen MR) is 124 cm³/mol. The largest absolute Gasteiger partial charge is 0.759 e. The van der Waals surface area contributed by atoms with Crippen molar-refractivity contribution in [1.82, 2.24) is 18.9 Å². The van der Waals surface area contributed by atoms with Gasteiger partial charge in [0.05, 0.1) is 21.6 Å². The Balaban J connectivity index is 0.000000471. The number of thiophene rings is 1. The molecule has 0 radical (unpaired) electrons. The Morgan fingerprint density at radius 1 is 1.03 bits per heavy atom. The maximum Gasteiger partial charge on any atom is 0.221 e. The minimum atomic E-state index is -5.17. The summed E-state index contributed by atoms with van der Waals surface area (Å²) in [7, 11) is -5.17. The van der Waals surface area contributed by atoms with Crippen LogP contribution in [0.25, 0.3) is 16.8 Å².